The van der Waals surface area contributed by atoms with Crippen LogP contribution in [0.3, 0.4) is 0 Å². The second-order valence-electron chi connectivity index (χ2n) is 8.83. The number of carbonyl (C=O) groups excluding carboxylic acids is 2. The van der Waals surface area contributed by atoms with E-state index in [2.05, 4.69) is 4.90 Å². The van der Waals surface area contributed by atoms with Crippen molar-refractivity contribution in [1.29, 1.82) is 0 Å². The molecule has 35 heavy (non-hydrogen) atoms. The van der Waals surface area contributed by atoms with Crippen molar-refractivity contribution in [3.05, 3.63) is 88.9 Å². The zero-order chi connectivity index (χ0) is 24.2. The first kappa shape index (κ1) is 23.4. The van der Waals surface area contributed by atoms with Crippen LogP contribution in [0.15, 0.2) is 72.8 Å². The number of ether oxygens (including phenoxy) is 2. The third kappa shape index (κ3) is 5.34. The molecule has 7 heteroatoms. The van der Waals surface area contributed by atoms with Gasteiger partial charge in [-0.3, -0.25) is 19.4 Å². The third-order valence-corrected chi connectivity index (χ3v) is 6.77. The number of fused-ring (bicyclic) bond motifs is 1. The van der Waals surface area contributed by atoms with Crippen LogP contribution in [0.2, 0.25) is 5.02 Å². The van der Waals surface area contributed by atoms with Gasteiger partial charge in [0.2, 0.25) is 0 Å². The highest BCUT2D eigenvalue weighted by Gasteiger charge is 2.35. The summed E-state index contributed by atoms with van der Waals surface area (Å²) in [4.78, 5) is 28.9. The minimum atomic E-state index is -0.185. The first-order valence-electron chi connectivity index (χ1n) is 11.9. The Kier molecular flexibility index (Phi) is 7.02. The molecule has 0 bridgehead atoms. The fraction of sp³-hybridized carbons (Fsp3) is 0.286. The number of nitrogens with zero attached hydrogens (tertiary/aromatic N) is 2. The quantitative estimate of drug-likeness (QED) is 0.362. The van der Waals surface area contributed by atoms with Crippen LogP contribution in [-0.4, -0.2) is 53.9 Å². The van der Waals surface area contributed by atoms with Gasteiger partial charge in [-0.1, -0.05) is 23.7 Å². The van der Waals surface area contributed by atoms with Gasteiger partial charge in [0.1, 0.15) is 23.9 Å². The summed E-state index contributed by atoms with van der Waals surface area (Å²) < 4.78 is 11.9. The van der Waals surface area contributed by atoms with Gasteiger partial charge in [-0.25, -0.2) is 0 Å². The Morgan fingerprint density at radius 2 is 1.40 bits per heavy atom. The van der Waals surface area contributed by atoms with E-state index >= 15 is 0 Å². The predicted octanol–water partition coefficient (Wildman–Crippen LogP) is 5.66. The van der Waals surface area contributed by atoms with Crippen LogP contribution >= 0.6 is 11.6 Å². The van der Waals surface area contributed by atoms with Crippen LogP contribution in [0.1, 0.15) is 40.0 Å². The van der Waals surface area contributed by atoms with E-state index in [-0.39, 0.29) is 11.8 Å². The maximum atomic E-state index is 12.6. The van der Waals surface area contributed by atoms with E-state index in [0.717, 1.165) is 49.6 Å². The van der Waals surface area contributed by atoms with Crippen LogP contribution in [0.25, 0.3) is 0 Å². The molecular weight excluding hydrogens is 464 g/mol. The molecule has 5 rings (SSSR count). The molecule has 3 aromatic rings. The Labute approximate surface area is 210 Å². The van der Waals surface area contributed by atoms with Crippen molar-refractivity contribution >= 4 is 23.4 Å². The minimum Gasteiger partial charge on any atom is -0.492 e. The number of carbonyl (C=O) groups is 2. The molecule has 3 aromatic carbocycles. The average molecular weight is 491 g/mol. The molecule has 2 heterocycles. The highest BCUT2D eigenvalue weighted by atomic mass is 35.5. The molecule has 180 valence electrons. The van der Waals surface area contributed by atoms with Gasteiger partial charge in [0.15, 0.2) is 0 Å². The summed E-state index contributed by atoms with van der Waals surface area (Å²) in [5.74, 6) is 1.89. The van der Waals surface area contributed by atoms with Gasteiger partial charge in [-0.2, -0.15) is 0 Å². The zero-order valence-electron chi connectivity index (χ0n) is 19.4. The van der Waals surface area contributed by atoms with Gasteiger partial charge < -0.3 is 9.47 Å². The Bertz CT molecular complexity index is 1160. The molecule has 0 spiro atoms. The topological polar surface area (TPSA) is 59.1 Å². The number of likely N-dealkylation sites (tertiary alicyclic amines) is 1. The SMILES string of the molecule is O=C1c2ccccc2C(=O)N1CCCN1CCC[C@H]1COc1ccc(Oc2ccc(Cl)cc2)cc1. The summed E-state index contributed by atoms with van der Waals surface area (Å²) in [6.45, 7) is 2.87. The summed E-state index contributed by atoms with van der Waals surface area (Å²) in [5, 5.41) is 0.672. The fourth-order valence-electron chi connectivity index (χ4n) is 4.69. The molecular formula is C28H27ClN2O4. The van der Waals surface area contributed by atoms with Gasteiger partial charge >= 0.3 is 0 Å². The smallest absolute Gasteiger partial charge is 0.261 e. The van der Waals surface area contributed by atoms with Crippen LogP contribution in [-0.2, 0) is 0 Å². The van der Waals surface area contributed by atoms with Gasteiger partial charge in [0.05, 0.1) is 11.1 Å². The molecule has 0 radical (unpaired) electrons. The molecule has 0 aliphatic carbocycles. The normalized spacial score (nSPS) is 17.6. The summed E-state index contributed by atoms with van der Waals surface area (Å²) in [5.41, 5.74) is 1.02. The number of hydrogen-bond donors (Lipinski definition) is 0. The fourth-order valence-corrected chi connectivity index (χ4v) is 4.81. The standard InChI is InChI=1S/C28H27ClN2O4/c29-20-8-10-23(11-9-20)35-24-14-12-22(13-15-24)34-19-21-5-3-16-30(21)17-4-18-31-27(32)25-6-1-2-7-26(25)28(31)33/h1-2,6-15,21H,3-5,16-19H2/t21-/m0/s1. The monoisotopic (exact) mass is 490 g/mol. The molecule has 2 amide bonds. The number of imide groups is 1. The minimum absolute atomic E-state index is 0.185. The van der Waals surface area contributed by atoms with Crippen molar-refractivity contribution in [1.82, 2.24) is 9.80 Å². The maximum Gasteiger partial charge on any atom is 0.261 e. The molecule has 1 fully saturated rings. The second kappa shape index (κ2) is 10.5. The van der Waals surface area contributed by atoms with E-state index in [1.165, 1.54) is 4.90 Å². The number of halogens is 1. The summed E-state index contributed by atoms with van der Waals surface area (Å²) in [6, 6.07) is 22.2. The van der Waals surface area contributed by atoms with Gasteiger partial charge in [-0.15, -0.1) is 0 Å². The lowest BCUT2D eigenvalue weighted by Gasteiger charge is -2.25. The van der Waals surface area contributed by atoms with E-state index in [4.69, 9.17) is 21.1 Å². The van der Waals surface area contributed by atoms with E-state index in [9.17, 15) is 9.59 Å². The molecule has 0 unspecified atom stereocenters. The van der Waals surface area contributed by atoms with E-state index in [1.54, 1.807) is 36.4 Å². The van der Waals surface area contributed by atoms with Gasteiger partial charge in [0, 0.05) is 24.2 Å². The molecule has 2 aliphatic rings. The second-order valence-corrected chi connectivity index (χ2v) is 9.27. The lowest BCUT2D eigenvalue weighted by Crippen LogP contribution is -2.37. The molecule has 6 nitrogen and oxygen atoms in total. The Morgan fingerprint density at radius 1 is 0.800 bits per heavy atom. The van der Waals surface area contributed by atoms with Gasteiger partial charge in [-0.05, 0) is 86.5 Å². The van der Waals surface area contributed by atoms with Crippen LogP contribution in [0.4, 0.5) is 0 Å². The first-order valence-corrected chi connectivity index (χ1v) is 12.3. The molecule has 1 atom stereocenters. The van der Waals surface area contributed by atoms with Crippen molar-refractivity contribution in [2.45, 2.75) is 25.3 Å². The largest absolute Gasteiger partial charge is 0.492 e. The lowest BCUT2D eigenvalue weighted by molar-refractivity contribution is 0.0644. The predicted molar refractivity (Wildman–Crippen MR) is 134 cm³/mol. The van der Waals surface area contributed by atoms with Crippen molar-refractivity contribution in [2.75, 3.05) is 26.2 Å². The Morgan fingerprint density at radius 3 is 2.06 bits per heavy atom. The highest BCUT2D eigenvalue weighted by molar-refractivity contribution is 6.30. The Balaban J connectivity index is 1.08. The number of hydrogen-bond acceptors (Lipinski definition) is 5. The van der Waals surface area contributed by atoms with E-state index < -0.39 is 0 Å². The first-order chi connectivity index (χ1) is 17.1. The lowest BCUT2D eigenvalue weighted by atomic mass is 10.1. The van der Waals surface area contributed by atoms with Crippen molar-refractivity contribution in [3.8, 4) is 17.2 Å². The molecule has 0 saturated carbocycles. The average Bonchev–Trinajstić information content (AvgIpc) is 3.43. The molecule has 0 aromatic heterocycles. The maximum absolute atomic E-state index is 12.6. The van der Waals surface area contributed by atoms with Crippen molar-refractivity contribution in [3.63, 3.8) is 0 Å². The Hall–Kier alpha value is -3.35. The van der Waals surface area contributed by atoms with Crippen molar-refractivity contribution < 1.29 is 19.1 Å². The van der Waals surface area contributed by atoms with Crippen molar-refractivity contribution in [2.24, 2.45) is 0 Å². The molecule has 1 saturated heterocycles. The van der Waals surface area contributed by atoms with Gasteiger partial charge in [0.25, 0.3) is 11.8 Å². The third-order valence-electron chi connectivity index (χ3n) is 6.52. The number of amides is 2. The summed E-state index contributed by atoms with van der Waals surface area (Å²) in [7, 11) is 0. The van der Waals surface area contributed by atoms with E-state index in [0.29, 0.717) is 35.3 Å². The summed E-state index contributed by atoms with van der Waals surface area (Å²) >= 11 is 5.92. The molecule has 0 N–H and O–H groups in total. The zero-order valence-corrected chi connectivity index (χ0v) is 20.1. The van der Waals surface area contributed by atoms with Crippen LogP contribution in [0.5, 0.6) is 17.2 Å². The summed E-state index contributed by atoms with van der Waals surface area (Å²) in [6.07, 6.45) is 2.94. The van der Waals surface area contributed by atoms with E-state index in [1.807, 2.05) is 36.4 Å². The molecule has 2 aliphatic heterocycles. The van der Waals surface area contributed by atoms with Crippen LogP contribution < -0.4 is 9.47 Å². The number of benzene rings is 3. The number of rotatable bonds is 9. The van der Waals surface area contributed by atoms with Crippen LogP contribution in [0, 0.1) is 0 Å². The highest BCUT2D eigenvalue weighted by Crippen LogP contribution is 2.26.